The van der Waals surface area contributed by atoms with E-state index in [0.29, 0.717) is 32.5 Å². The molecule has 0 radical (unpaired) electrons. The number of piperidine rings is 2. The lowest BCUT2D eigenvalue weighted by Crippen LogP contribution is -2.53. The molecule has 2 atom stereocenters. The predicted octanol–water partition coefficient (Wildman–Crippen LogP) is 0.863. The first-order chi connectivity index (χ1) is 12.1. The molecule has 6 heteroatoms. The zero-order valence-electron chi connectivity index (χ0n) is 14.4. The van der Waals surface area contributed by atoms with Gasteiger partial charge in [0.05, 0.1) is 12.3 Å². The van der Waals surface area contributed by atoms with Crippen LogP contribution in [0.1, 0.15) is 31.2 Å². The molecular weight excluding hydrogens is 318 g/mol. The van der Waals surface area contributed by atoms with Crippen LogP contribution < -0.4 is 10.6 Å². The summed E-state index contributed by atoms with van der Waals surface area (Å²) in [5.41, 5.74) is 0.984. The molecule has 0 saturated carbocycles. The zero-order chi connectivity index (χ0) is 17.6. The Morgan fingerprint density at radius 2 is 1.96 bits per heavy atom. The average molecular weight is 343 g/mol. The highest BCUT2D eigenvalue weighted by Gasteiger charge is 2.31. The van der Waals surface area contributed by atoms with Gasteiger partial charge in [-0.05, 0) is 31.2 Å². The van der Waals surface area contributed by atoms with Crippen LogP contribution in [-0.4, -0.2) is 48.3 Å². The predicted molar refractivity (Wildman–Crippen MR) is 93.6 cm³/mol. The van der Waals surface area contributed by atoms with Crippen molar-refractivity contribution < 1.29 is 14.4 Å². The van der Waals surface area contributed by atoms with E-state index in [1.165, 1.54) is 0 Å². The van der Waals surface area contributed by atoms with Gasteiger partial charge in [0.15, 0.2) is 0 Å². The molecule has 2 saturated heterocycles. The summed E-state index contributed by atoms with van der Waals surface area (Å²) in [5, 5.41) is 5.64. The summed E-state index contributed by atoms with van der Waals surface area (Å²) in [6, 6.07) is 9.21. The first-order valence-electron chi connectivity index (χ1n) is 9.03. The number of likely N-dealkylation sites (tertiary alicyclic amines) is 1. The van der Waals surface area contributed by atoms with Gasteiger partial charge < -0.3 is 15.5 Å². The van der Waals surface area contributed by atoms with Crippen LogP contribution in [0.3, 0.4) is 0 Å². The van der Waals surface area contributed by atoms with Gasteiger partial charge in [-0.1, -0.05) is 30.3 Å². The molecule has 1 aromatic carbocycles. The number of rotatable bonds is 4. The zero-order valence-corrected chi connectivity index (χ0v) is 14.4. The summed E-state index contributed by atoms with van der Waals surface area (Å²) in [5.74, 6) is -0.394. The van der Waals surface area contributed by atoms with Crippen LogP contribution in [0, 0.1) is 5.92 Å². The van der Waals surface area contributed by atoms with Gasteiger partial charge in [-0.15, -0.1) is 0 Å². The van der Waals surface area contributed by atoms with Gasteiger partial charge in [0.1, 0.15) is 6.04 Å². The van der Waals surface area contributed by atoms with Gasteiger partial charge in [0.2, 0.25) is 17.7 Å². The van der Waals surface area contributed by atoms with Crippen molar-refractivity contribution in [3.8, 4) is 0 Å². The molecule has 0 bridgehead atoms. The second kappa shape index (κ2) is 8.14. The normalized spacial score (nSPS) is 23.7. The van der Waals surface area contributed by atoms with Crippen molar-refractivity contribution in [3.05, 3.63) is 35.9 Å². The molecular formula is C19H25N3O3. The molecule has 2 N–H and O–H groups in total. The SMILES string of the molecule is O=C(N[C@H]1CCCNC1=O)[C@H]1CCCN(C(=O)Cc2ccccc2)C1. The topological polar surface area (TPSA) is 78.5 Å². The van der Waals surface area contributed by atoms with Crippen LogP contribution in [-0.2, 0) is 20.8 Å². The maximum Gasteiger partial charge on any atom is 0.242 e. The number of carbonyl (C=O) groups excluding carboxylic acids is 3. The van der Waals surface area contributed by atoms with Gasteiger partial charge >= 0.3 is 0 Å². The monoisotopic (exact) mass is 343 g/mol. The molecule has 0 aromatic heterocycles. The number of nitrogens with one attached hydrogen (secondary N) is 2. The molecule has 0 unspecified atom stereocenters. The van der Waals surface area contributed by atoms with E-state index < -0.39 is 6.04 Å². The molecule has 2 heterocycles. The fourth-order valence-electron chi connectivity index (χ4n) is 3.50. The molecule has 0 spiro atoms. The Balaban J connectivity index is 1.54. The minimum absolute atomic E-state index is 0.0547. The first kappa shape index (κ1) is 17.5. The van der Waals surface area contributed by atoms with E-state index in [1.54, 1.807) is 4.90 Å². The molecule has 2 aliphatic rings. The first-order valence-corrected chi connectivity index (χ1v) is 9.03. The number of nitrogens with zero attached hydrogens (tertiary/aromatic N) is 1. The number of carbonyl (C=O) groups is 3. The molecule has 0 aliphatic carbocycles. The van der Waals surface area contributed by atoms with E-state index in [9.17, 15) is 14.4 Å². The Hall–Kier alpha value is -2.37. The van der Waals surface area contributed by atoms with E-state index in [1.807, 2.05) is 30.3 Å². The van der Waals surface area contributed by atoms with Crippen molar-refractivity contribution in [1.29, 1.82) is 0 Å². The van der Waals surface area contributed by atoms with Crippen molar-refractivity contribution >= 4 is 17.7 Å². The van der Waals surface area contributed by atoms with Gasteiger partial charge in [-0.3, -0.25) is 14.4 Å². The van der Waals surface area contributed by atoms with Crippen LogP contribution in [0.4, 0.5) is 0 Å². The summed E-state index contributed by atoms with van der Waals surface area (Å²) < 4.78 is 0. The van der Waals surface area contributed by atoms with Crippen molar-refractivity contribution in [1.82, 2.24) is 15.5 Å². The Bertz CT molecular complexity index is 632. The summed E-state index contributed by atoms with van der Waals surface area (Å²) in [7, 11) is 0. The molecule has 3 amide bonds. The smallest absolute Gasteiger partial charge is 0.242 e. The van der Waals surface area contributed by atoms with Crippen LogP contribution in [0.15, 0.2) is 30.3 Å². The van der Waals surface area contributed by atoms with Crippen LogP contribution in [0.2, 0.25) is 0 Å². The highest BCUT2D eigenvalue weighted by atomic mass is 16.2. The van der Waals surface area contributed by atoms with Crippen molar-refractivity contribution in [3.63, 3.8) is 0 Å². The quantitative estimate of drug-likeness (QED) is 0.851. The number of benzene rings is 1. The number of hydrogen-bond acceptors (Lipinski definition) is 3. The molecule has 25 heavy (non-hydrogen) atoms. The molecule has 1 aromatic rings. The van der Waals surface area contributed by atoms with Crippen molar-refractivity contribution in [2.75, 3.05) is 19.6 Å². The Kier molecular flexibility index (Phi) is 5.68. The molecule has 6 nitrogen and oxygen atoms in total. The lowest BCUT2D eigenvalue weighted by Gasteiger charge is -2.33. The highest BCUT2D eigenvalue weighted by Crippen LogP contribution is 2.18. The standard InChI is InChI=1S/C19H25N3O3/c23-17(12-14-6-2-1-3-7-14)22-11-5-8-15(13-22)18(24)21-16-9-4-10-20-19(16)25/h1-3,6-7,15-16H,4-5,8-13H2,(H,20,25)(H,21,24)/t15-,16-/m0/s1. The highest BCUT2D eigenvalue weighted by molar-refractivity contribution is 5.89. The lowest BCUT2D eigenvalue weighted by molar-refractivity contribution is -0.137. The number of hydrogen-bond donors (Lipinski definition) is 2. The minimum atomic E-state index is -0.434. The van der Waals surface area contributed by atoms with E-state index in [0.717, 1.165) is 24.8 Å². The Morgan fingerprint density at radius 1 is 1.16 bits per heavy atom. The van der Waals surface area contributed by atoms with Crippen molar-refractivity contribution in [2.24, 2.45) is 5.92 Å². The van der Waals surface area contributed by atoms with Crippen molar-refractivity contribution in [2.45, 2.75) is 38.1 Å². The fourth-order valence-corrected chi connectivity index (χ4v) is 3.50. The summed E-state index contributed by atoms with van der Waals surface area (Å²) >= 11 is 0. The molecule has 134 valence electrons. The second-order valence-corrected chi connectivity index (χ2v) is 6.84. The van der Waals surface area contributed by atoms with Gasteiger partial charge in [-0.2, -0.15) is 0 Å². The summed E-state index contributed by atoms with van der Waals surface area (Å²) in [6.45, 7) is 1.81. The van der Waals surface area contributed by atoms with Crippen LogP contribution in [0.25, 0.3) is 0 Å². The van der Waals surface area contributed by atoms with E-state index in [4.69, 9.17) is 0 Å². The third-order valence-electron chi connectivity index (χ3n) is 4.94. The maximum absolute atomic E-state index is 12.5. The van der Waals surface area contributed by atoms with Crippen LogP contribution >= 0.6 is 0 Å². The largest absolute Gasteiger partial charge is 0.354 e. The van der Waals surface area contributed by atoms with Crippen LogP contribution in [0.5, 0.6) is 0 Å². The van der Waals surface area contributed by atoms with E-state index >= 15 is 0 Å². The third-order valence-corrected chi connectivity index (χ3v) is 4.94. The van der Waals surface area contributed by atoms with Gasteiger partial charge in [0.25, 0.3) is 0 Å². The number of amides is 3. The Labute approximate surface area is 148 Å². The van der Waals surface area contributed by atoms with E-state index in [2.05, 4.69) is 10.6 Å². The third kappa shape index (κ3) is 4.59. The van der Waals surface area contributed by atoms with Gasteiger partial charge in [0, 0.05) is 19.6 Å². The average Bonchev–Trinajstić information content (AvgIpc) is 2.64. The van der Waals surface area contributed by atoms with Gasteiger partial charge in [-0.25, -0.2) is 0 Å². The van der Waals surface area contributed by atoms with E-state index in [-0.39, 0.29) is 23.6 Å². The fraction of sp³-hybridized carbons (Fsp3) is 0.526. The maximum atomic E-state index is 12.5. The molecule has 2 aliphatic heterocycles. The summed E-state index contributed by atoms with van der Waals surface area (Å²) in [6.07, 6.45) is 3.50. The molecule has 2 fully saturated rings. The molecule has 3 rings (SSSR count). The second-order valence-electron chi connectivity index (χ2n) is 6.84. The summed E-state index contributed by atoms with van der Waals surface area (Å²) in [4.78, 5) is 38.6. The Morgan fingerprint density at radius 3 is 2.72 bits per heavy atom. The lowest BCUT2D eigenvalue weighted by atomic mass is 9.95. The minimum Gasteiger partial charge on any atom is -0.354 e.